The van der Waals surface area contributed by atoms with Gasteiger partial charge in [0.25, 0.3) is 5.91 Å². The van der Waals surface area contributed by atoms with Gasteiger partial charge in [-0.3, -0.25) is 19.4 Å². The third-order valence-electron chi connectivity index (χ3n) is 8.38. The van der Waals surface area contributed by atoms with Gasteiger partial charge in [0.1, 0.15) is 30.3 Å². The van der Waals surface area contributed by atoms with Crippen LogP contribution in [0.2, 0.25) is 0 Å². The monoisotopic (exact) mass is 670 g/mol. The van der Waals surface area contributed by atoms with Crippen molar-refractivity contribution < 1.29 is 38.6 Å². The Labute approximate surface area is 285 Å². The summed E-state index contributed by atoms with van der Waals surface area (Å²) in [7, 11) is 0. The predicted molar refractivity (Wildman–Crippen MR) is 182 cm³/mol. The molecule has 2 aliphatic rings. The number of hydrogen-bond acceptors (Lipinski definition) is 7. The number of carbonyl (C=O) groups is 5. The normalized spacial score (nSPS) is 17.0. The Bertz CT molecular complexity index is 1690. The molecule has 0 saturated carbocycles. The number of hydrogen-bond donors (Lipinski definition) is 3. The van der Waals surface area contributed by atoms with Gasteiger partial charge in [0.05, 0.1) is 5.69 Å². The summed E-state index contributed by atoms with van der Waals surface area (Å²) in [6, 6.07) is 20.4. The van der Waals surface area contributed by atoms with Gasteiger partial charge in [-0.15, -0.1) is 0 Å². The number of rotatable bonds is 11. The van der Waals surface area contributed by atoms with Gasteiger partial charge in [-0.2, -0.15) is 0 Å². The molecular formula is C37H42N4O8. The maximum atomic E-state index is 14.5. The second-order valence-corrected chi connectivity index (χ2v) is 13.1. The molecule has 2 aliphatic heterocycles. The van der Waals surface area contributed by atoms with Crippen molar-refractivity contribution in [1.29, 1.82) is 0 Å². The van der Waals surface area contributed by atoms with Crippen LogP contribution in [0.25, 0.3) is 0 Å². The summed E-state index contributed by atoms with van der Waals surface area (Å²) in [5.74, 6) is -2.29. The van der Waals surface area contributed by atoms with Crippen LogP contribution in [0.15, 0.2) is 78.9 Å². The number of unbranched alkanes of at least 4 members (excludes halogenated alkanes) is 1. The van der Waals surface area contributed by atoms with Gasteiger partial charge in [-0.05, 0) is 68.9 Å². The highest BCUT2D eigenvalue weighted by Gasteiger charge is 2.47. The molecular weight excluding hydrogens is 628 g/mol. The van der Waals surface area contributed by atoms with Crippen LogP contribution in [0.1, 0.15) is 56.7 Å². The molecule has 258 valence electrons. The number of benzene rings is 3. The lowest BCUT2D eigenvalue weighted by Crippen LogP contribution is -2.57. The fourth-order valence-electron chi connectivity index (χ4n) is 6.11. The molecule has 49 heavy (non-hydrogen) atoms. The van der Waals surface area contributed by atoms with E-state index < -0.39 is 53.7 Å². The quantitative estimate of drug-likeness (QED) is 0.242. The molecule has 12 heteroatoms. The number of fused-ring (bicyclic) bond motifs is 2. The Morgan fingerprint density at radius 2 is 1.41 bits per heavy atom. The van der Waals surface area contributed by atoms with E-state index in [-0.39, 0.29) is 32.4 Å². The van der Waals surface area contributed by atoms with Crippen molar-refractivity contribution in [3.63, 3.8) is 0 Å². The average Bonchev–Trinajstić information content (AvgIpc) is 3.65. The van der Waals surface area contributed by atoms with Crippen LogP contribution >= 0.6 is 0 Å². The van der Waals surface area contributed by atoms with Gasteiger partial charge in [0.2, 0.25) is 5.91 Å². The molecule has 5 rings (SSSR count). The van der Waals surface area contributed by atoms with Crippen LogP contribution in [-0.2, 0) is 43.3 Å². The zero-order chi connectivity index (χ0) is 35.1. The molecule has 0 aliphatic carbocycles. The van der Waals surface area contributed by atoms with Gasteiger partial charge >= 0.3 is 18.2 Å². The standard InChI is InChI=1S/C37H42N4O8/c1-37(2,3)49-36(47)41-29-19-10-8-16-26(29)22-31(41)33(43)40-28-18-9-7-15-25(28)21-30(40)32(42)39-27(34(44)45)17-11-12-20-38-35(46)48-23-24-13-5-4-6-14-24/h4-10,13-16,18-19,27,30-31H,11-12,17,20-23H2,1-3H3,(H,38,46)(H,39,42)(H,44,45)/t27-,30-,31-/m0/s1. The summed E-state index contributed by atoms with van der Waals surface area (Å²) in [6.45, 7) is 5.65. The van der Waals surface area contributed by atoms with Crippen molar-refractivity contribution in [2.75, 3.05) is 16.3 Å². The zero-order valence-electron chi connectivity index (χ0n) is 27.9. The minimum atomic E-state index is -1.22. The fraction of sp³-hybridized carbons (Fsp3) is 0.378. The first-order chi connectivity index (χ1) is 23.4. The van der Waals surface area contributed by atoms with Gasteiger partial charge in [0, 0.05) is 25.1 Å². The number of alkyl carbamates (subject to hydrolysis) is 1. The number of aliphatic carboxylic acids is 1. The molecule has 0 spiro atoms. The summed E-state index contributed by atoms with van der Waals surface area (Å²) >= 11 is 0. The van der Waals surface area contributed by atoms with Crippen LogP contribution in [0.3, 0.4) is 0 Å². The molecule has 0 fully saturated rings. The fourth-order valence-corrected chi connectivity index (χ4v) is 6.11. The second kappa shape index (κ2) is 15.2. The predicted octanol–water partition coefficient (Wildman–Crippen LogP) is 4.98. The molecule has 2 heterocycles. The largest absolute Gasteiger partial charge is 0.480 e. The number of carboxylic acid groups (broad SMARTS) is 1. The third kappa shape index (κ3) is 8.56. The Balaban J connectivity index is 1.23. The molecule has 3 atom stereocenters. The molecule has 0 saturated heterocycles. The first-order valence-corrected chi connectivity index (χ1v) is 16.4. The van der Waals surface area contributed by atoms with E-state index >= 15 is 0 Å². The Kier molecular flexibility index (Phi) is 10.9. The second-order valence-electron chi connectivity index (χ2n) is 13.1. The number of ether oxygens (including phenoxy) is 2. The Morgan fingerprint density at radius 3 is 2.04 bits per heavy atom. The molecule has 12 nitrogen and oxygen atoms in total. The zero-order valence-corrected chi connectivity index (χ0v) is 27.9. The van der Waals surface area contributed by atoms with Gasteiger partial charge < -0.3 is 25.2 Å². The van der Waals surface area contributed by atoms with E-state index in [1.807, 2.05) is 54.6 Å². The molecule has 3 aromatic rings. The van der Waals surface area contributed by atoms with Crippen LogP contribution < -0.4 is 20.4 Å². The van der Waals surface area contributed by atoms with Crippen molar-refractivity contribution in [3.05, 3.63) is 95.6 Å². The smallest absolute Gasteiger partial charge is 0.415 e. The Morgan fingerprint density at radius 1 is 0.816 bits per heavy atom. The maximum Gasteiger partial charge on any atom is 0.415 e. The van der Waals surface area contributed by atoms with Crippen molar-refractivity contribution in [3.8, 4) is 0 Å². The summed E-state index contributed by atoms with van der Waals surface area (Å²) in [5, 5.41) is 15.2. The summed E-state index contributed by atoms with van der Waals surface area (Å²) in [5.41, 5.74) is 2.70. The molecule has 3 N–H and O–H groups in total. The number of nitrogens with zero attached hydrogens (tertiary/aromatic N) is 2. The Hall–Kier alpha value is -5.39. The number of nitrogens with one attached hydrogen (secondary N) is 2. The summed E-state index contributed by atoms with van der Waals surface area (Å²) in [4.78, 5) is 68.7. The van der Waals surface area contributed by atoms with Gasteiger partial charge in [-0.25, -0.2) is 14.4 Å². The highest BCUT2D eigenvalue weighted by molar-refractivity contribution is 6.11. The lowest BCUT2D eigenvalue weighted by atomic mass is 10.1. The van der Waals surface area contributed by atoms with E-state index in [0.29, 0.717) is 24.2 Å². The van der Waals surface area contributed by atoms with Crippen molar-refractivity contribution in [2.45, 2.75) is 83.2 Å². The van der Waals surface area contributed by atoms with Gasteiger partial charge in [0.15, 0.2) is 0 Å². The number of carboxylic acids is 1. The highest BCUT2D eigenvalue weighted by Crippen LogP contribution is 2.38. The maximum absolute atomic E-state index is 14.5. The number of amides is 4. The van der Waals surface area contributed by atoms with Crippen molar-refractivity contribution in [1.82, 2.24) is 10.6 Å². The van der Waals surface area contributed by atoms with E-state index in [1.165, 1.54) is 9.80 Å². The average molecular weight is 671 g/mol. The topological polar surface area (TPSA) is 155 Å². The minimum Gasteiger partial charge on any atom is -0.480 e. The third-order valence-corrected chi connectivity index (χ3v) is 8.38. The van der Waals surface area contributed by atoms with Crippen molar-refractivity contribution in [2.24, 2.45) is 0 Å². The van der Waals surface area contributed by atoms with Crippen molar-refractivity contribution >= 4 is 41.3 Å². The first-order valence-electron chi connectivity index (χ1n) is 16.4. The van der Waals surface area contributed by atoms with E-state index in [2.05, 4.69) is 10.6 Å². The van der Waals surface area contributed by atoms with Crippen LogP contribution in [-0.4, -0.2) is 65.3 Å². The SMILES string of the molecule is CC(C)(C)OC(=O)N1c2ccccc2C[C@H]1C(=O)N1c2ccccc2C[C@H]1C(=O)N[C@@H](CCCCNC(=O)OCc1ccccc1)C(=O)O. The lowest BCUT2D eigenvalue weighted by Gasteiger charge is -2.33. The van der Waals surface area contributed by atoms with E-state index in [9.17, 15) is 29.1 Å². The van der Waals surface area contributed by atoms with E-state index in [0.717, 1.165) is 16.7 Å². The molecule has 0 unspecified atom stereocenters. The molecule has 4 amide bonds. The van der Waals surface area contributed by atoms with E-state index in [1.54, 1.807) is 45.0 Å². The summed E-state index contributed by atoms with van der Waals surface area (Å²) in [6.07, 6.45) is 0.132. The number of anilines is 2. The number of carbonyl (C=O) groups excluding carboxylic acids is 4. The van der Waals surface area contributed by atoms with Crippen LogP contribution in [0.4, 0.5) is 21.0 Å². The van der Waals surface area contributed by atoms with Crippen LogP contribution in [0.5, 0.6) is 0 Å². The molecule has 0 aromatic heterocycles. The molecule has 0 bridgehead atoms. The van der Waals surface area contributed by atoms with Crippen LogP contribution in [0, 0.1) is 0 Å². The summed E-state index contributed by atoms with van der Waals surface area (Å²) < 4.78 is 10.9. The number of para-hydroxylation sites is 2. The first kappa shape index (κ1) is 34.9. The van der Waals surface area contributed by atoms with E-state index in [4.69, 9.17) is 9.47 Å². The molecule has 3 aromatic carbocycles. The molecule has 0 radical (unpaired) electrons. The highest BCUT2D eigenvalue weighted by atomic mass is 16.6. The lowest BCUT2D eigenvalue weighted by molar-refractivity contribution is -0.142. The van der Waals surface area contributed by atoms with Gasteiger partial charge in [-0.1, -0.05) is 66.7 Å². The minimum absolute atomic E-state index is 0.111.